The van der Waals surface area contributed by atoms with Crippen molar-refractivity contribution in [1.82, 2.24) is 5.32 Å². The molecule has 4 nitrogen and oxygen atoms in total. The van der Waals surface area contributed by atoms with E-state index < -0.39 is 11.4 Å². The van der Waals surface area contributed by atoms with Crippen LogP contribution >= 0.6 is 0 Å². The van der Waals surface area contributed by atoms with Crippen LogP contribution in [0.5, 0.6) is 0 Å². The number of hydrogen-bond donors (Lipinski definition) is 2. The predicted molar refractivity (Wildman–Crippen MR) is 67.6 cm³/mol. The van der Waals surface area contributed by atoms with Crippen LogP contribution in [0.3, 0.4) is 0 Å². The summed E-state index contributed by atoms with van der Waals surface area (Å²) >= 11 is 0. The lowest BCUT2D eigenvalue weighted by molar-refractivity contribution is -0.147. The van der Waals surface area contributed by atoms with Gasteiger partial charge in [0.15, 0.2) is 0 Å². The van der Waals surface area contributed by atoms with Crippen LogP contribution < -0.4 is 5.32 Å². The molecule has 0 aliphatic carbocycles. The second kappa shape index (κ2) is 6.42. The van der Waals surface area contributed by atoms with Crippen molar-refractivity contribution >= 4 is 11.9 Å². The molecule has 0 saturated heterocycles. The molecule has 0 aromatic heterocycles. The molecule has 0 aliphatic rings. The Morgan fingerprint density at radius 2 is 1.94 bits per heavy atom. The highest BCUT2D eigenvalue weighted by Gasteiger charge is 2.26. The molecule has 0 bridgehead atoms. The molecule has 0 aromatic rings. The smallest absolute Gasteiger partial charge is 0.309 e. The van der Waals surface area contributed by atoms with Gasteiger partial charge < -0.3 is 10.4 Å². The van der Waals surface area contributed by atoms with Gasteiger partial charge in [0.05, 0.1) is 5.41 Å². The second-order valence-electron chi connectivity index (χ2n) is 5.29. The molecule has 0 spiro atoms. The molecule has 0 aromatic carbocycles. The van der Waals surface area contributed by atoms with Crippen LogP contribution in [0.15, 0.2) is 12.2 Å². The third-order valence-electron chi connectivity index (χ3n) is 2.73. The summed E-state index contributed by atoms with van der Waals surface area (Å²) < 4.78 is 0. The molecule has 0 aliphatic heterocycles. The largest absolute Gasteiger partial charge is 0.481 e. The van der Waals surface area contributed by atoms with E-state index >= 15 is 0 Å². The first-order chi connectivity index (χ1) is 7.66. The van der Waals surface area contributed by atoms with E-state index in [2.05, 4.69) is 11.9 Å². The summed E-state index contributed by atoms with van der Waals surface area (Å²) in [7, 11) is 0. The minimum Gasteiger partial charge on any atom is -0.481 e. The van der Waals surface area contributed by atoms with E-state index in [1.165, 1.54) is 0 Å². The normalized spacial score (nSPS) is 12.9. The molecule has 0 radical (unpaired) electrons. The van der Waals surface area contributed by atoms with Gasteiger partial charge in [-0.15, -0.1) is 6.58 Å². The summed E-state index contributed by atoms with van der Waals surface area (Å²) in [4.78, 5) is 22.5. The van der Waals surface area contributed by atoms with Crippen molar-refractivity contribution in [3.63, 3.8) is 0 Å². The number of aliphatic carboxylic acids is 1. The van der Waals surface area contributed by atoms with Gasteiger partial charge in [0.25, 0.3) is 0 Å². The van der Waals surface area contributed by atoms with Gasteiger partial charge in [-0.25, -0.2) is 0 Å². The Bertz CT molecular complexity index is 308. The number of hydrogen-bond acceptors (Lipinski definition) is 2. The molecule has 0 saturated carbocycles. The third-order valence-corrected chi connectivity index (χ3v) is 2.73. The Kier molecular flexibility index (Phi) is 5.93. The van der Waals surface area contributed by atoms with Crippen molar-refractivity contribution in [1.29, 1.82) is 0 Å². The zero-order valence-corrected chi connectivity index (χ0v) is 11.2. The van der Waals surface area contributed by atoms with Crippen LogP contribution in [0.1, 0.15) is 40.5 Å². The number of allylic oxidation sites excluding steroid dienone is 1. The van der Waals surface area contributed by atoms with Crippen LogP contribution in [0.2, 0.25) is 0 Å². The molecule has 1 amide bonds. The van der Waals surface area contributed by atoms with E-state index in [1.54, 1.807) is 13.8 Å². The van der Waals surface area contributed by atoms with E-state index in [0.717, 1.165) is 5.57 Å². The molecular weight excluding hydrogens is 218 g/mol. The fraction of sp³-hybridized carbons (Fsp3) is 0.692. The van der Waals surface area contributed by atoms with Gasteiger partial charge in [-0.05, 0) is 33.6 Å². The number of rotatable bonds is 7. The number of nitrogens with one attached hydrogen (secondary N) is 1. The van der Waals surface area contributed by atoms with Gasteiger partial charge >= 0.3 is 5.97 Å². The molecule has 0 fully saturated rings. The lowest BCUT2D eigenvalue weighted by Crippen LogP contribution is -2.34. The van der Waals surface area contributed by atoms with Crippen LogP contribution in [0.25, 0.3) is 0 Å². The lowest BCUT2D eigenvalue weighted by atomic mass is 9.89. The molecule has 2 N–H and O–H groups in total. The number of carboxylic acid groups (broad SMARTS) is 1. The van der Waals surface area contributed by atoms with Crippen molar-refractivity contribution in [2.75, 3.05) is 6.54 Å². The zero-order chi connectivity index (χ0) is 13.6. The Balaban J connectivity index is 4.01. The van der Waals surface area contributed by atoms with Crippen LogP contribution in [-0.2, 0) is 9.59 Å². The summed E-state index contributed by atoms with van der Waals surface area (Å²) in [5.41, 5.74) is 0.170. The van der Waals surface area contributed by atoms with Crippen LogP contribution in [0, 0.1) is 11.3 Å². The Morgan fingerprint density at radius 1 is 1.41 bits per heavy atom. The lowest BCUT2D eigenvalue weighted by Gasteiger charge is -2.19. The molecule has 1 unspecified atom stereocenters. The van der Waals surface area contributed by atoms with E-state index in [9.17, 15) is 9.59 Å². The summed E-state index contributed by atoms with van der Waals surface area (Å²) in [6.07, 6.45) is 1.09. The van der Waals surface area contributed by atoms with Gasteiger partial charge in [0.1, 0.15) is 0 Å². The van der Waals surface area contributed by atoms with Crippen molar-refractivity contribution in [2.24, 2.45) is 11.3 Å². The van der Waals surface area contributed by atoms with Gasteiger partial charge in [0.2, 0.25) is 5.91 Å². The maximum absolute atomic E-state index is 11.6. The first-order valence-electron chi connectivity index (χ1n) is 5.82. The predicted octanol–water partition coefficient (Wildman–Crippen LogP) is 2.21. The highest BCUT2D eigenvalue weighted by atomic mass is 16.4. The van der Waals surface area contributed by atoms with E-state index in [0.29, 0.717) is 19.4 Å². The maximum Gasteiger partial charge on any atom is 0.309 e. The van der Waals surface area contributed by atoms with Crippen LogP contribution in [0.4, 0.5) is 0 Å². The molecule has 0 rings (SSSR count). The number of amides is 1. The number of carbonyl (C=O) groups is 2. The summed E-state index contributed by atoms with van der Waals surface area (Å²) in [6.45, 7) is 11.2. The Labute approximate surface area is 103 Å². The van der Waals surface area contributed by atoms with Crippen molar-refractivity contribution in [3.05, 3.63) is 12.2 Å². The molecule has 4 heteroatoms. The van der Waals surface area contributed by atoms with E-state index in [4.69, 9.17) is 5.11 Å². The average molecular weight is 241 g/mol. The molecule has 98 valence electrons. The van der Waals surface area contributed by atoms with E-state index in [1.807, 2.05) is 13.8 Å². The molecule has 0 heterocycles. The minimum absolute atomic E-state index is 0.0470. The zero-order valence-electron chi connectivity index (χ0n) is 11.2. The molecule has 1 atom stereocenters. The molecule has 17 heavy (non-hydrogen) atoms. The van der Waals surface area contributed by atoms with Gasteiger partial charge in [0, 0.05) is 12.5 Å². The van der Waals surface area contributed by atoms with Crippen molar-refractivity contribution in [2.45, 2.75) is 40.5 Å². The average Bonchev–Trinajstić information content (AvgIpc) is 2.15. The first-order valence-corrected chi connectivity index (χ1v) is 5.82. The quantitative estimate of drug-likeness (QED) is 0.671. The second-order valence-corrected chi connectivity index (χ2v) is 5.29. The van der Waals surface area contributed by atoms with Crippen LogP contribution in [-0.4, -0.2) is 23.5 Å². The fourth-order valence-corrected chi connectivity index (χ4v) is 1.39. The Hall–Kier alpha value is -1.32. The number of carboxylic acids is 1. The summed E-state index contributed by atoms with van der Waals surface area (Å²) in [6, 6.07) is 0. The highest BCUT2D eigenvalue weighted by molar-refractivity contribution is 5.78. The molecular formula is C13H23NO3. The SMILES string of the molecule is C=C(C)CC(C)C(=O)NCCC(C)(C)C(=O)O. The van der Waals surface area contributed by atoms with Gasteiger partial charge in [-0.1, -0.05) is 12.5 Å². The summed E-state index contributed by atoms with van der Waals surface area (Å²) in [5.74, 6) is -1.00. The first kappa shape index (κ1) is 15.7. The topological polar surface area (TPSA) is 66.4 Å². The van der Waals surface area contributed by atoms with Gasteiger partial charge in [-0.2, -0.15) is 0 Å². The summed E-state index contributed by atoms with van der Waals surface area (Å²) in [5, 5.41) is 11.7. The van der Waals surface area contributed by atoms with Gasteiger partial charge in [-0.3, -0.25) is 9.59 Å². The fourth-order valence-electron chi connectivity index (χ4n) is 1.39. The highest BCUT2D eigenvalue weighted by Crippen LogP contribution is 2.19. The monoisotopic (exact) mass is 241 g/mol. The standard InChI is InChI=1S/C13H23NO3/c1-9(2)8-10(3)11(15)14-7-6-13(4,5)12(16)17/h10H,1,6-8H2,2-5H3,(H,14,15)(H,16,17). The van der Waals surface area contributed by atoms with Crippen molar-refractivity contribution in [3.8, 4) is 0 Å². The van der Waals surface area contributed by atoms with Crippen molar-refractivity contribution < 1.29 is 14.7 Å². The third kappa shape index (κ3) is 6.09. The Morgan fingerprint density at radius 3 is 2.35 bits per heavy atom. The van der Waals surface area contributed by atoms with E-state index in [-0.39, 0.29) is 11.8 Å². The number of carbonyl (C=O) groups excluding carboxylic acids is 1. The minimum atomic E-state index is -0.846. The maximum atomic E-state index is 11.6.